The molecule has 0 radical (unpaired) electrons. The lowest BCUT2D eigenvalue weighted by Gasteiger charge is -2.17. The minimum atomic E-state index is -0.312. The molecule has 0 unspecified atom stereocenters. The summed E-state index contributed by atoms with van der Waals surface area (Å²) in [6.45, 7) is 0.748. The minimum Gasteiger partial charge on any atom is -0.495 e. The number of ether oxygens (including phenoxy) is 3. The molecule has 0 spiro atoms. The topological polar surface area (TPSA) is 108 Å². The van der Waals surface area contributed by atoms with Crippen LogP contribution in [0.1, 0.15) is 21.7 Å². The fourth-order valence-electron chi connectivity index (χ4n) is 4.61. The number of carbonyl (C=O) groups excluding carboxylic acids is 2. The van der Waals surface area contributed by atoms with E-state index in [2.05, 4.69) is 21.6 Å². The average molecular weight is 560 g/mol. The number of methoxy groups -OCH3 is 3. The van der Waals surface area contributed by atoms with Gasteiger partial charge in [-0.1, -0.05) is 42.1 Å². The molecule has 4 aromatic rings. The van der Waals surface area contributed by atoms with Gasteiger partial charge < -0.3 is 24.4 Å². The van der Waals surface area contributed by atoms with Crippen LogP contribution in [0.25, 0.3) is 5.69 Å². The Morgan fingerprint density at radius 2 is 1.60 bits per heavy atom. The van der Waals surface area contributed by atoms with E-state index in [4.69, 9.17) is 14.2 Å². The molecule has 5 rings (SSSR count). The van der Waals surface area contributed by atoms with E-state index in [0.717, 1.165) is 12.1 Å². The Labute approximate surface area is 236 Å². The van der Waals surface area contributed by atoms with E-state index in [0.29, 0.717) is 46.0 Å². The lowest BCUT2D eigenvalue weighted by atomic mass is 10.2. The average Bonchev–Trinajstić information content (AvgIpc) is 3.62. The van der Waals surface area contributed by atoms with Crippen molar-refractivity contribution in [2.45, 2.75) is 18.1 Å². The third-order valence-electron chi connectivity index (χ3n) is 6.59. The zero-order valence-corrected chi connectivity index (χ0v) is 23.2. The van der Waals surface area contributed by atoms with Gasteiger partial charge in [0.1, 0.15) is 5.75 Å². The van der Waals surface area contributed by atoms with Crippen LogP contribution < -0.4 is 24.4 Å². The standard InChI is InChI=1S/C29H29N5O5S/c1-37-23-11-7-6-10-22(23)34-26(17-30-28(36)20-12-13-24(38-2)25(16-20)39-3)31-32-29(34)40-18-27(35)33-15-14-19-8-4-5-9-21(19)33/h4-13,16H,14-15,17-18H2,1-3H3,(H,30,36). The number of benzene rings is 3. The molecule has 1 aromatic heterocycles. The molecule has 1 aliphatic rings. The van der Waals surface area contributed by atoms with Crippen LogP contribution in [0, 0.1) is 0 Å². The van der Waals surface area contributed by atoms with Crippen molar-refractivity contribution >= 4 is 29.3 Å². The first kappa shape index (κ1) is 27.1. The van der Waals surface area contributed by atoms with E-state index >= 15 is 0 Å². The molecular formula is C29H29N5O5S. The summed E-state index contributed by atoms with van der Waals surface area (Å²) in [7, 11) is 4.64. The second-order valence-corrected chi connectivity index (χ2v) is 9.81. The van der Waals surface area contributed by atoms with Crippen LogP contribution in [0.15, 0.2) is 71.9 Å². The number of anilines is 1. The zero-order valence-electron chi connectivity index (χ0n) is 22.4. The molecule has 3 aromatic carbocycles. The first-order valence-electron chi connectivity index (χ1n) is 12.6. The summed E-state index contributed by atoms with van der Waals surface area (Å²) >= 11 is 1.29. The van der Waals surface area contributed by atoms with E-state index in [1.165, 1.54) is 31.5 Å². The number of carbonyl (C=O) groups is 2. The van der Waals surface area contributed by atoms with Crippen LogP contribution in [0.4, 0.5) is 5.69 Å². The maximum Gasteiger partial charge on any atom is 0.251 e. The Bertz CT molecular complexity index is 1540. The van der Waals surface area contributed by atoms with Gasteiger partial charge in [-0.2, -0.15) is 0 Å². The highest BCUT2D eigenvalue weighted by Crippen LogP contribution is 2.32. The number of hydrogen-bond donors (Lipinski definition) is 1. The molecule has 40 heavy (non-hydrogen) atoms. The fraction of sp³-hybridized carbons (Fsp3) is 0.241. The molecule has 2 heterocycles. The molecule has 2 amide bonds. The second kappa shape index (κ2) is 12.1. The smallest absolute Gasteiger partial charge is 0.251 e. The molecule has 1 aliphatic heterocycles. The summed E-state index contributed by atoms with van der Waals surface area (Å²) in [5.41, 5.74) is 3.24. The van der Waals surface area contributed by atoms with Gasteiger partial charge in [-0.05, 0) is 48.4 Å². The molecule has 0 atom stereocenters. The molecule has 0 bridgehead atoms. The van der Waals surface area contributed by atoms with Crippen LogP contribution in [-0.4, -0.2) is 60.2 Å². The van der Waals surface area contributed by atoms with Crippen molar-refractivity contribution in [1.29, 1.82) is 0 Å². The number of amides is 2. The quantitative estimate of drug-likeness (QED) is 0.292. The maximum absolute atomic E-state index is 13.2. The van der Waals surface area contributed by atoms with Crippen molar-refractivity contribution in [3.05, 3.63) is 83.7 Å². The van der Waals surface area contributed by atoms with Gasteiger partial charge >= 0.3 is 0 Å². The highest BCUT2D eigenvalue weighted by molar-refractivity contribution is 7.99. The van der Waals surface area contributed by atoms with Gasteiger partial charge in [0, 0.05) is 17.8 Å². The third-order valence-corrected chi connectivity index (χ3v) is 7.51. The van der Waals surface area contributed by atoms with Crippen molar-refractivity contribution in [3.63, 3.8) is 0 Å². The summed E-state index contributed by atoms with van der Waals surface area (Å²) < 4.78 is 18.0. The molecular weight excluding hydrogens is 530 g/mol. The summed E-state index contributed by atoms with van der Waals surface area (Å²) in [5.74, 6) is 1.94. The number of rotatable bonds is 10. The molecule has 0 fully saturated rings. The molecule has 0 saturated carbocycles. The Morgan fingerprint density at radius 1 is 0.875 bits per heavy atom. The second-order valence-electron chi connectivity index (χ2n) is 8.87. The number of nitrogens with one attached hydrogen (secondary N) is 1. The summed E-state index contributed by atoms with van der Waals surface area (Å²) in [4.78, 5) is 28.0. The van der Waals surface area contributed by atoms with Crippen LogP contribution in [0.3, 0.4) is 0 Å². The largest absolute Gasteiger partial charge is 0.495 e. The predicted octanol–water partition coefficient (Wildman–Crippen LogP) is 3.90. The molecule has 206 valence electrons. The fourth-order valence-corrected chi connectivity index (χ4v) is 5.44. The SMILES string of the molecule is COc1ccc(C(=O)NCc2nnc(SCC(=O)N3CCc4ccccc43)n2-c2ccccc2OC)cc1OC. The number of thioether (sulfide) groups is 1. The normalized spacial score (nSPS) is 12.1. The van der Waals surface area contributed by atoms with Crippen molar-refractivity contribution in [2.24, 2.45) is 0 Å². The van der Waals surface area contributed by atoms with Crippen LogP contribution >= 0.6 is 11.8 Å². The van der Waals surface area contributed by atoms with Gasteiger partial charge in [-0.25, -0.2) is 0 Å². The number of aromatic nitrogens is 3. The van der Waals surface area contributed by atoms with Gasteiger partial charge in [-0.3, -0.25) is 14.2 Å². The minimum absolute atomic E-state index is 0.00664. The van der Waals surface area contributed by atoms with Gasteiger partial charge in [-0.15, -0.1) is 10.2 Å². The van der Waals surface area contributed by atoms with E-state index in [1.54, 1.807) is 25.3 Å². The lowest BCUT2D eigenvalue weighted by Crippen LogP contribution is -2.30. The molecule has 0 aliphatic carbocycles. The van der Waals surface area contributed by atoms with Gasteiger partial charge in [0.05, 0.1) is 39.3 Å². The van der Waals surface area contributed by atoms with E-state index in [1.807, 2.05) is 51.9 Å². The molecule has 0 saturated heterocycles. The number of fused-ring (bicyclic) bond motifs is 1. The van der Waals surface area contributed by atoms with Crippen molar-refractivity contribution in [1.82, 2.24) is 20.1 Å². The van der Waals surface area contributed by atoms with Crippen LogP contribution in [0.2, 0.25) is 0 Å². The van der Waals surface area contributed by atoms with Gasteiger partial charge in [0.25, 0.3) is 5.91 Å². The summed E-state index contributed by atoms with van der Waals surface area (Å²) in [6.07, 6.45) is 0.841. The highest BCUT2D eigenvalue weighted by Gasteiger charge is 2.26. The Hall–Kier alpha value is -4.51. The number of nitrogens with zero attached hydrogens (tertiary/aromatic N) is 4. The maximum atomic E-state index is 13.2. The van der Waals surface area contributed by atoms with E-state index in [-0.39, 0.29) is 24.1 Å². The molecule has 11 heteroatoms. The van der Waals surface area contributed by atoms with Crippen molar-refractivity contribution < 1.29 is 23.8 Å². The van der Waals surface area contributed by atoms with Crippen LogP contribution in [-0.2, 0) is 17.8 Å². The molecule has 1 N–H and O–H groups in total. The predicted molar refractivity (Wildman–Crippen MR) is 152 cm³/mol. The first-order valence-corrected chi connectivity index (χ1v) is 13.6. The third kappa shape index (κ3) is 5.46. The van der Waals surface area contributed by atoms with Gasteiger partial charge in [0.2, 0.25) is 5.91 Å². The molecule has 10 nitrogen and oxygen atoms in total. The van der Waals surface area contributed by atoms with E-state index in [9.17, 15) is 9.59 Å². The number of hydrogen-bond acceptors (Lipinski definition) is 8. The highest BCUT2D eigenvalue weighted by atomic mass is 32.2. The van der Waals surface area contributed by atoms with E-state index < -0.39 is 0 Å². The Morgan fingerprint density at radius 3 is 2.38 bits per heavy atom. The Balaban J connectivity index is 1.37. The zero-order chi connectivity index (χ0) is 28.1. The summed E-state index contributed by atoms with van der Waals surface area (Å²) in [5, 5.41) is 12.1. The number of para-hydroxylation sites is 3. The van der Waals surface area contributed by atoms with Crippen molar-refractivity contribution in [2.75, 3.05) is 38.5 Å². The lowest BCUT2D eigenvalue weighted by molar-refractivity contribution is -0.116. The first-order chi connectivity index (χ1) is 19.5. The van der Waals surface area contributed by atoms with Crippen LogP contribution in [0.5, 0.6) is 17.2 Å². The van der Waals surface area contributed by atoms with Crippen molar-refractivity contribution in [3.8, 4) is 22.9 Å². The van der Waals surface area contributed by atoms with Gasteiger partial charge in [0.15, 0.2) is 22.5 Å². The monoisotopic (exact) mass is 559 g/mol. The summed E-state index contributed by atoms with van der Waals surface area (Å²) in [6, 6.07) is 20.4. The Kier molecular flexibility index (Phi) is 8.20.